The Balaban J connectivity index is 2.25. The number of hydrogen-bond acceptors (Lipinski definition) is 4. The van der Waals surface area contributed by atoms with Crippen molar-refractivity contribution >= 4 is 28.9 Å². The van der Waals surface area contributed by atoms with Crippen LogP contribution in [-0.4, -0.2) is 35.5 Å². The van der Waals surface area contributed by atoms with Gasteiger partial charge in [-0.2, -0.15) is 0 Å². The predicted molar refractivity (Wildman–Crippen MR) is 64.3 cm³/mol. The van der Waals surface area contributed by atoms with Gasteiger partial charge in [-0.3, -0.25) is 0 Å². The highest BCUT2D eigenvalue weighted by molar-refractivity contribution is 6.33. The zero-order valence-electron chi connectivity index (χ0n) is 9.15. The van der Waals surface area contributed by atoms with E-state index in [1.807, 2.05) is 13.8 Å². The molecule has 0 radical (unpaired) electrons. The molecule has 0 bridgehead atoms. The molecular weight excluding hydrogens is 249 g/mol. The van der Waals surface area contributed by atoms with Crippen LogP contribution in [0.3, 0.4) is 0 Å². The number of ether oxygens (including phenoxy) is 1. The highest BCUT2D eigenvalue weighted by Crippen LogP contribution is 2.27. The van der Waals surface area contributed by atoms with Crippen molar-refractivity contribution in [2.45, 2.75) is 26.1 Å². The van der Waals surface area contributed by atoms with Crippen LogP contribution in [0.1, 0.15) is 13.8 Å². The summed E-state index contributed by atoms with van der Waals surface area (Å²) >= 11 is 11.8. The Kier molecular flexibility index (Phi) is 3.52. The summed E-state index contributed by atoms with van der Waals surface area (Å²) in [5, 5.41) is 8.24. The van der Waals surface area contributed by atoms with E-state index in [1.165, 1.54) is 0 Å². The Bertz CT molecular complexity index is 378. The topological polar surface area (TPSA) is 38.2 Å². The summed E-state index contributed by atoms with van der Waals surface area (Å²) in [4.78, 5) is 2.13. The van der Waals surface area contributed by atoms with Gasteiger partial charge >= 0.3 is 0 Å². The Hall–Kier alpha value is -0.580. The number of rotatable bonds is 1. The Labute approximate surface area is 105 Å². The highest BCUT2D eigenvalue weighted by atomic mass is 35.5. The average molecular weight is 262 g/mol. The van der Waals surface area contributed by atoms with Crippen molar-refractivity contribution in [3.63, 3.8) is 0 Å². The standard InChI is InChI=1S/C10H13Cl2N3O/c1-6-4-15(5-7(2)16-6)8-3-9(11)13-14-10(8)12/h3,6-7H,4-5H2,1-2H3. The van der Waals surface area contributed by atoms with Crippen molar-refractivity contribution in [1.82, 2.24) is 10.2 Å². The first-order valence-electron chi connectivity index (χ1n) is 5.15. The molecule has 4 nitrogen and oxygen atoms in total. The predicted octanol–water partition coefficient (Wildman–Crippen LogP) is 2.40. The minimum atomic E-state index is 0.173. The van der Waals surface area contributed by atoms with Crippen LogP contribution in [0.2, 0.25) is 10.3 Å². The van der Waals surface area contributed by atoms with Crippen LogP contribution >= 0.6 is 23.2 Å². The first-order chi connectivity index (χ1) is 7.56. The molecule has 16 heavy (non-hydrogen) atoms. The molecule has 1 fully saturated rings. The second-order valence-electron chi connectivity index (χ2n) is 4.01. The minimum absolute atomic E-state index is 0.173. The average Bonchev–Trinajstić information content (AvgIpc) is 2.20. The normalized spacial score (nSPS) is 25.9. The summed E-state index contributed by atoms with van der Waals surface area (Å²) in [5.74, 6) is 0. The molecule has 2 atom stereocenters. The van der Waals surface area contributed by atoms with Gasteiger partial charge in [0, 0.05) is 19.2 Å². The van der Waals surface area contributed by atoms with Gasteiger partial charge in [0.15, 0.2) is 10.3 Å². The quantitative estimate of drug-likeness (QED) is 0.779. The molecule has 2 heterocycles. The van der Waals surface area contributed by atoms with Crippen LogP contribution < -0.4 is 4.90 Å². The molecule has 6 heteroatoms. The van der Waals surface area contributed by atoms with Crippen molar-refractivity contribution in [3.8, 4) is 0 Å². The van der Waals surface area contributed by atoms with Gasteiger partial charge in [-0.1, -0.05) is 23.2 Å². The molecule has 0 N–H and O–H groups in total. The molecule has 88 valence electrons. The van der Waals surface area contributed by atoms with E-state index in [0.717, 1.165) is 18.8 Å². The lowest BCUT2D eigenvalue weighted by atomic mass is 10.2. The van der Waals surface area contributed by atoms with Gasteiger partial charge in [-0.25, -0.2) is 0 Å². The zero-order chi connectivity index (χ0) is 11.7. The van der Waals surface area contributed by atoms with Crippen molar-refractivity contribution in [1.29, 1.82) is 0 Å². The third-order valence-electron chi connectivity index (χ3n) is 2.46. The van der Waals surface area contributed by atoms with Crippen LogP contribution in [0.5, 0.6) is 0 Å². The number of hydrogen-bond donors (Lipinski definition) is 0. The third-order valence-corrected chi connectivity index (χ3v) is 2.91. The highest BCUT2D eigenvalue weighted by Gasteiger charge is 2.24. The molecule has 1 saturated heterocycles. The summed E-state index contributed by atoms with van der Waals surface area (Å²) < 4.78 is 5.65. The largest absolute Gasteiger partial charge is 0.372 e. The lowest BCUT2D eigenvalue weighted by molar-refractivity contribution is -0.00523. The molecule has 0 aliphatic carbocycles. The summed E-state index contributed by atoms with van der Waals surface area (Å²) in [6, 6.07) is 1.74. The summed E-state index contributed by atoms with van der Waals surface area (Å²) in [5.41, 5.74) is 0.823. The van der Waals surface area contributed by atoms with E-state index in [-0.39, 0.29) is 12.2 Å². The molecule has 0 amide bonds. The lowest BCUT2D eigenvalue weighted by Gasteiger charge is -2.36. The van der Waals surface area contributed by atoms with Gasteiger partial charge in [-0.15, -0.1) is 10.2 Å². The van der Waals surface area contributed by atoms with Crippen LogP contribution in [0.25, 0.3) is 0 Å². The number of anilines is 1. The zero-order valence-corrected chi connectivity index (χ0v) is 10.7. The maximum atomic E-state index is 6.01. The first-order valence-corrected chi connectivity index (χ1v) is 5.91. The van der Waals surface area contributed by atoms with Gasteiger partial charge < -0.3 is 9.64 Å². The summed E-state index contributed by atoms with van der Waals surface area (Å²) in [6.07, 6.45) is 0.346. The van der Waals surface area contributed by atoms with Crippen LogP contribution in [0.15, 0.2) is 6.07 Å². The van der Waals surface area contributed by atoms with E-state index < -0.39 is 0 Å². The number of nitrogens with zero attached hydrogens (tertiary/aromatic N) is 3. The van der Waals surface area contributed by atoms with Crippen LogP contribution in [0.4, 0.5) is 5.69 Å². The molecule has 1 aliphatic rings. The fourth-order valence-corrected chi connectivity index (χ4v) is 2.29. The maximum absolute atomic E-state index is 6.01. The number of halogens is 2. The molecule has 0 saturated carbocycles. The lowest BCUT2D eigenvalue weighted by Crippen LogP contribution is -2.45. The minimum Gasteiger partial charge on any atom is -0.372 e. The molecular formula is C10H13Cl2N3O. The molecule has 1 aliphatic heterocycles. The van der Waals surface area contributed by atoms with Gasteiger partial charge in [0.2, 0.25) is 0 Å². The Morgan fingerprint density at radius 2 is 1.88 bits per heavy atom. The second-order valence-corrected chi connectivity index (χ2v) is 4.75. The second kappa shape index (κ2) is 4.73. The van der Waals surface area contributed by atoms with Gasteiger partial charge in [-0.05, 0) is 13.8 Å². The fraction of sp³-hybridized carbons (Fsp3) is 0.600. The molecule has 2 unspecified atom stereocenters. The summed E-state index contributed by atoms with van der Waals surface area (Å²) in [7, 11) is 0. The van der Waals surface area contributed by atoms with Crippen LogP contribution in [0, 0.1) is 0 Å². The first kappa shape index (κ1) is 11.9. The SMILES string of the molecule is CC1CN(c2cc(Cl)nnc2Cl)CC(C)O1. The van der Waals surface area contributed by atoms with Crippen LogP contribution in [-0.2, 0) is 4.74 Å². The third kappa shape index (κ3) is 2.56. The monoisotopic (exact) mass is 261 g/mol. The van der Waals surface area contributed by atoms with Gasteiger partial charge in [0.05, 0.1) is 17.9 Å². The van der Waals surface area contributed by atoms with Gasteiger partial charge in [0.1, 0.15) is 0 Å². The Morgan fingerprint density at radius 1 is 1.25 bits per heavy atom. The number of morpholine rings is 1. The van der Waals surface area contributed by atoms with Gasteiger partial charge in [0.25, 0.3) is 0 Å². The van der Waals surface area contributed by atoms with E-state index >= 15 is 0 Å². The smallest absolute Gasteiger partial charge is 0.175 e. The van der Waals surface area contributed by atoms with E-state index in [4.69, 9.17) is 27.9 Å². The van der Waals surface area contributed by atoms with Crippen molar-refractivity contribution in [3.05, 3.63) is 16.4 Å². The number of aromatic nitrogens is 2. The molecule has 1 aromatic heterocycles. The van der Waals surface area contributed by atoms with E-state index in [9.17, 15) is 0 Å². The fourth-order valence-electron chi connectivity index (χ4n) is 1.94. The van der Waals surface area contributed by atoms with E-state index in [1.54, 1.807) is 6.07 Å². The molecule has 0 aromatic carbocycles. The van der Waals surface area contributed by atoms with Crippen molar-refractivity contribution < 1.29 is 4.74 Å². The van der Waals surface area contributed by atoms with E-state index in [2.05, 4.69) is 15.1 Å². The molecule has 1 aromatic rings. The van der Waals surface area contributed by atoms with E-state index in [0.29, 0.717) is 10.3 Å². The van der Waals surface area contributed by atoms with Crippen molar-refractivity contribution in [2.75, 3.05) is 18.0 Å². The maximum Gasteiger partial charge on any atom is 0.175 e. The van der Waals surface area contributed by atoms with Crippen molar-refractivity contribution in [2.24, 2.45) is 0 Å². The Morgan fingerprint density at radius 3 is 2.50 bits per heavy atom. The molecule has 0 spiro atoms. The summed E-state index contributed by atoms with van der Waals surface area (Å²) in [6.45, 7) is 5.64. The molecule has 2 rings (SSSR count).